The highest BCUT2D eigenvalue weighted by Crippen LogP contribution is 2.48. The SMILES string of the molecule is O=C(c1sc2ccccc2c1Cl)N1c2ccnn2[C@H](C(F)(F)F)C[C@@H]1c1ccccc1. The number of amides is 1. The van der Waals surface area contributed by atoms with Crippen molar-refractivity contribution in [3.8, 4) is 0 Å². The zero-order chi connectivity index (χ0) is 21.8. The van der Waals surface area contributed by atoms with E-state index in [-0.39, 0.29) is 12.2 Å². The molecular weight excluding hydrogens is 447 g/mol. The van der Waals surface area contributed by atoms with Gasteiger partial charge in [-0.25, -0.2) is 4.68 Å². The predicted molar refractivity (Wildman–Crippen MR) is 115 cm³/mol. The fourth-order valence-electron chi connectivity index (χ4n) is 4.05. The molecule has 1 aliphatic rings. The predicted octanol–water partition coefficient (Wildman–Crippen LogP) is 6.65. The van der Waals surface area contributed by atoms with Gasteiger partial charge in [0.15, 0.2) is 6.04 Å². The molecule has 1 aliphatic heterocycles. The third-order valence-electron chi connectivity index (χ3n) is 5.46. The fraction of sp³-hybridized carbons (Fsp3) is 0.182. The number of rotatable bonds is 2. The van der Waals surface area contributed by atoms with Crippen molar-refractivity contribution in [2.75, 3.05) is 4.90 Å². The average molecular weight is 462 g/mol. The molecular formula is C22H15ClF3N3OS. The van der Waals surface area contributed by atoms with Crippen molar-refractivity contribution in [1.29, 1.82) is 0 Å². The van der Waals surface area contributed by atoms with Gasteiger partial charge in [-0.2, -0.15) is 18.3 Å². The number of aromatic nitrogens is 2. The lowest BCUT2D eigenvalue weighted by Crippen LogP contribution is -2.45. The van der Waals surface area contributed by atoms with E-state index in [1.54, 1.807) is 30.3 Å². The summed E-state index contributed by atoms with van der Waals surface area (Å²) < 4.78 is 43.3. The Balaban J connectivity index is 1.68. The maximum absolute atomic E-state index is 13.9. The first kappa shape index (κ1) is 20.1. The standard InChI is InChI=1S/C22H15ClF3N3OS/c23-19-14-8-4-5-9-16(14)31-20(19)21(30)28-15(13-6-2-1-3-7-13)12-17(22(24,25)26)29-18(28)10-11-27-29/h1-11,15,17H,12H2/t15-,17+/m1/s1. The number of carbonyl (C=O) groups excluding carboxylic acids is 1. The normalized spacial score (nSPS) is 18.9. The van der Waals surface area contributed by atoms with Crippen LogP contribution < -0.4 is 4.90 Å². The molecule has 0 bridgehead atoms. The van der Waals surface area contributed by atoms with E-state index in [1.165, 1.54) is 28.5 Å². The van der Waals surface area contributed by atoms with Gasteiger partial charge in [-0.05, 0) is 11.6 Å². The number of hydrogen-bond donors (Lipinski definition) is 0. The van der Waals surface area contributed by atoms with E-state index >= 15 is 0 Å². The van der Waals surface area contributed by atoms with Gasteiger partial charge >= 0.3 is 6.18 Å². The van der Waals surface area contributed by atoms with Gasteiger partial charge in [0, 0.05) is 22.6 Å². The molecule has 0 N–H and O–H groups in total. The van der Waals surface area contributed by atoms with E-state index in [2.05, 4.69) is 5.10 Å². The van der Waals surface area contributed by atoms with Crippen LogP contribution in [0.25, 0.3) is 10.1 Å². The second-order valence-corrected chi connectivity index (χ2v) is 8.70. The van der Waals surface area contributed by atoms with Crippen LogP contribution in [-0.4, -0.2) is 21.9 Å². The molecule has 9 heteroatoms. The van der Waals surface area contributed by atoms with Gasteiger partial charge in [0.2, 0.25) is 0 Å². The van der Waals surface area contributed by atoms with Gasteiger partial charge in [0.1, 0.15) is 10.7 Å². The van der Waals surface area contributed by atoms with Crippen LogP contribution in [0.2, 0.25) is 5.02 Å². The molecule has 2 atom stereocenters. The van der Waals surface area contributed by atoms with E-state index < -0.39 is 24.2 Å². The van der Waals surface area contributed by atoms with E-state index in [1.807, 2.05) is 24.3 Å². The summed E-state index contributed by atoms with van der Waals surface area (Å²) in [5, 5.41) is 4.95. The first-order valence-corrected chi connectivity index (χ1v) is 10.7. The van der Waals surface area contributed by atoms with E-state index in [0.717, 1.165) is 14.8 Å². The average Bonchev–Trinajstić information content (AvgIpc) is 3.37. The molecule has 158 valence electrons. The van der Waals surface area contributed by atoms with Crippen LogP contribution in [-0.2, 0) is 0 Å². The van der Waals surface area contributed by atoms with Crippen LogP contribution in [0.5, 0.6) is 0 Å². The number of thiophene rings is 1. The highest BCUT2D eigenvalue weighted by Gasteiger charge is 2.50. The first-order valence-electron chi connectivity index (χ1n) is 9.52. The molecule has 3 heterocycles. The summed E-state index contributed by atoms with van der Waals surface area (Å²) in [6, 6.07) is 14.9. The van der Waals surface area contributed by atoms with Crippen LogP contribution in [0.3, 0.4) is 0 Å². The van der Waals surface area contributed by atoms with E-state index in [9.17, 15) is 18.0 Å². The molecule has 5 rings (SSSR count). The second kappa shape index (κ2) is 7.39. The Bertz CT molecular complexity index is 1270. The third kappa shape index (κ3) is 3.30. The van der Waals surface area contributed by atoms with Crippen LogP contribution in [0.4, 0.5) is 19.0 Å². The van der Waals surface area contributed by atoms with Gasteiger partial charge in [0.25, 0.3) is 5.91 Å². The van der Waals surface area contributed by atoms with Crippen molar-refractivity contribution in [2.24, 2.45) is 0 Å². The smallest absolute Gasteiger partial charge is 0.284 e. The molecule has 2 aromatic carbocycles. The topological polar surface area (TPSA) is 38.1 Å². The Labute approximate surface area is 184 Å². The highest BCUT2D eigenvalue weighted by atomic mass is 35.5. The molecule has 1 amide bonds. The quantitative estimate of drug-likeness (QED) is 0.335. The first-order chi connectivity index (χ1) is 14.9. The number of alkyl halides is 3. The van der Waals surface area contributed by atoms with Crippen LogP contribution in [0.15, 0.2) is 66.9 Å². The summed E-state index contributed by atoms with van der Waals surface area (Å²) in [6.07, 6.45) is -3.55. The van der Waals surface area contributed by atoms with E-state index in [4.69, 9.17) is 11.6 Å². The minimum absolute atomic E-state index is 0.0981. The number of halogens is 4. The number of carbonyl (C=O) groups is 1. The molecule has 0 radical (unpaired) electrons. The number of hydrogen-bond acceptors (Lipinski definition) is 3. The van der Waals surface area contributed by atoms with Crippen LogP contribution >= 0.6 is 22.9 Å². The van der Waals surface area contributed by atoms with Gasteiger partial charge < -0.3 is 0 Å². The van der Waals surface area contributed by atoms with Crippen LogP contribution in [0, 0.1) is 0 Å². The highest BCUT2D eigenvalue weighted by molar-refractivity contribution is 7.21. The van der Waals surface area contributed by atoms with Gasteiger partial charge in [-0.3, -0.25) is 9.69 Å². The van der Waals surface area contributed by atoms with Crippen molar-refractivity contribution < 1.29 is 18.0 Å². The minimum atomic E-state index is -4.50. The Morgan fingerprint density at radius 1 is 1.06 bits per heavy atom. The summed E-state index contributed by atoms with van der Waals surface area (Å²) >= 11 is 7.76. The van der Waals surface area contributed by atoms with E-state index in [0.29, 0.717) is 15.5 Å². The van der Waals surface area contributed by atoms with Crippen molar-refractivity contribution in [1.82, 2.24) is 9.78 Å². The zero-order valence-electron chi connectivity index (χ0n) is 15.9. The van der Waals surface area contributed by atoms with Crippen molar-refractivity contribution in [2.45, 2.75) is 24.7 Å². The summed E-state index contributed by atoms with van der Waals surface area (Å²) in [7, 11) is 0. The lowest BCUT2D eigenvalue weighted by molar-refractivity contribution is -0.174. The number of nitrogens with zero attached hydrogens (tertiary/aromatic N) is 3. The number of benzene rings is 2. The summed E-state index contributed by atoms with van der Waals surface area (Å²) in [5.74, 6) is -0.344. The maximum Gasteiger partial charge on any atom is 0.410 e. The molecule has 4 nitrogen and oxygen atoms in total. The van der Waals surface area contributed by atoms with Crippen LogP contribution in [0.1, 0.15) is 33.7 Å². The lowest BCUT2D eigenvalue weighted by atomic mass is 9.95. The molecule has 2 aromatic heterocycles. The molecule has 0 saturated carbocycles. The minimum Gasteiger partial charge on any atom is -0.284 e. The number of anilines is 1. The Hall–Kier alpha value is -2.84. The largest absolute Gasteiger partial charge is 0.410 e. The fourth-order valence-corrected chi connectivity index (χ4v) is 5.50. The zero-order valence-corrected chi connectivity index (χ0v) is 17.5. The number of fused-ring (bicyclic) bond motifs is 2. The lowest BCUT2D eigenvalue weighted by Gasteiger charge is -2.40. The molecule has 0 aliphatic carbocycles. The molecule has 31 heavy (non-hydrogen) atoms. The summed E-state index contributed by atoms with van der Waals surface area (Å²) in [6.45, 7) is 0. The Morgan fingerprint density at radius 2 is 1.77 bits per heavy atom. The van der Waals surface area contributed by atoms with Gasteiger partial charge in [-0.1, -0.05) is 60.1 Å². The monoisotopic (exact) mass is 461 g/mol. The molecule has 0 spiro atoms. The molecule has 0 fully saturated rings. The van der Waals surface area contributed by atoms with Crippen molar-refractivity contribution in [3.05, 3.63) is 82.3 Å². The van der Waals surface area contributed by atoms with Gasteiger partial charge in [-0.15, -0.1) is 11.3 Å². The Kier molecular flexibility index (Phi) is 4.79. The summed E-state index contributed by atoms with van der Waals surface area (Å²) in [4.78, 5) is 15.4. The molecule has 0 saturated heterocycles. The third-order valence-corrected chi connectivity index (χ3v) is 7.12. The molecule has 4 aromatic rings. The van der Waals surface area contributed by atoms with Crippen molar-refractivity contribution in [3.63, 3.8) is 0 Å². The van der Waals surface area contributed by atoms with Crippen molar-refractivity contribution >= 4 is 44.7 Å². The molecule has 0 unspecified atom stereocenters. The Morgan fingerprint density at radius 3 is 2.48 bits per heavy atom. The maximum atomic E-state index is 13.9. The van der Waals surface area contributed by atoms with Gasteiger partial charge in [0.05, 0.1) is 17.3 Å². The summed E-state index contributed by atoms with van der Waals surface area (Å²) in [5.41, 5.74) is 0.620. The second-order valence-electron chi connectivity index (χ2n) is 7.27.